The first-order valence-electron chi connectivity index (χ1n) is 12.1. The van der Waals surface area contributed by atoms with Gasteiger partial charge in [0.25, 0.3) is 0 Å². The summed E-state index contributed by atoms with van der Waals surface area (Å²) >= 11 is 0. The van der Waals surface area contributed by atoms with Crippen LogP contribution in [-0.2, 0) is 16.1 Å². The predicted octanol–water partition coefficient (Wildman–Crippen LogP) is 5.70. The van der Waals surface area contributed by atoms with Crippen LogP contribution in [0.3, 0.4) is 0 Å². The summed E-state index contributed by atoms with van der Waals surface area (Å²) in [5.74, 6) is -1.10. The molecular weight excluding hydrogens is 476 g/mol. The standard InChI is InChI=1S/C29H32N2O4.ClH/c1-31(19-21-11-3-2-4-12-21)18-10-9-17-27(28(32)33)30-29(34)35-20-26-24-15-7-5-13-22(24)23-14-6-8-16-25(23)26;/h2-8,11-16,26-27H,9-10,17-20H2,1H3,(H,30,34)(H,32,33);1H/t27-;/m0./s1. The molecule has 1 aliphatic carbocycles. The summed E-state index contributed by atoms with van der Waals surface area (Å²) in [5, 5.41) is 12.1. The van der Waals surface area contributed by atoms with E-state index in [-0.39, 0.29) is 24.9 Å². The van der Waals surface area contributed by atoms with Crippen LogP contribution in [0.15, 0.2) is 78.9 Å². The largest absolute Gasteiger partial charge is 0.480 e. The van der Waals surface area contributed by atoms with E-state index in [0.29, 0.717) is 12.8 Å². The molecule has 0 bridgehead atoms. The van der Waals surface area contributed by atoms with Gasteiger partial charge in [0.2, 0.25) is 0 Å². The van der Waals surface area contributed by atoms with Gasteiger partial charge in [0.1, 0.15) is 12.6 Å². The molecule has 0 saturated carbocycles. The zero-order valence-corrected chi connectivity index (χ0v) is 21.2. The number of carboxylic acid groups (broad SMARTS) is 1. The van der Waals surface area contributed by atoms with Crippen molar-refractivity contribution in [2.24, 2.45) is 0 Å². The molecule has 3 aromatic rings. The number of nitrogens with zero attached hydrogens (tertiary/aromatic N) is 1. The number of aliphatic carboxylic acids is 1. The van der Waals surface area contributed by atoms with Crippen LogP contribution < -0.4 is 5.32 Å². The number of benzene rings is 3. The van der Waals surface area contributed by atoms with E-state index in [4.69, 9.17) is 4.74 Å². The van der Waals surface area contributed by atoms with Crippen LogP contribution in [0.25, 0.3) is 11.1 Å². The zero-order chi connectivity index (χ0) is 24.6. The summed E-state index contributed by atoms with van der Waals surface area (Å²) in [5.41, 5.74) is 5.79. The highest BCUT2D eigenvalue weighted by Gasteiger charge is 2.29. The fraction of sp³-hybridized carbons (Fsp3) is 0.310. The molecule has 1 amide bonds. The molecular formula is C29H33ClN2O4. The van der Waals surface area contributed by atoms with Gasteiger partial charge in [0, 0.05) is 12.5 Å². The Morgan fingerprint density at radius 1 is 0.917 bits per heavy atom. The van der Waals surface area contributed by atoms with Crippen LogP contribution in [0.1, 0.15) is 41.9 Å². The average molecular weight is 509 g/mol. The lowest BCUT2D eigenvalue weighted by Gasteiger charge is -2.19. The molecule has 4 rings (SSSR count). The number of nitrogens with one attached hydrogen (secondary N) is 1. The van der Waals surface area contributed by atoms with Crippen molar-refractivity contribution in [1.82, 2.24) is 10.2 Å². The van der Waals surface area contributed by atoms with Crippen molar-refractivity contribution in [3.8, 4) is 11.1 Å². The number of hydrogen-bond acceptors (Lipinski definition) is 4. The van der Waals surface area contributed by atoms with Crippen LogP contribution in [0.5, 0.6) is 0 Å². The minimum Gasteiger partial charge on any atom is -0.480 e. The number of rotatable bonds is 11. The molecule has 7 heteroatoms. The van der Waals surface area contributed by atoms with Gasteiger partial charge in [-0.2, -0.15) is 0 Å². The van der Waals surface area contributed by atoms with Crippen molar-refractivity contribution in [1.29, 1.82) is 0 Å². The van der Waals surface area contributed by atoms with Gasteiger partial charge in [-0.25, -0.2) is 9.59 Å². The summed E-state index contributed by atoms with van der Waals surface area (Å²) in [7, 11) is 2.05. The highest BCUT2D eigenvalue weighted by Crippen LogP contribution is 2.44. The second kappa shape index (κ2) is 13.1. The van der Waals surface area contributed by atoms with Gasteiger partial charge in [-0.15, -0.1) is 12.4 Å². The van der Waals surface area contributed by atoms with E-state index in [2.05, 4.69) is 53.7 Å². The number of carbonyl (C=O) groups is 2. The summed E-state index contributed by atoms with van der Waals surface area (Å²) in [6.07, 6.45) is 1.21. The topological polar surface area (TPSA) is 78.9 Å². The third kappa shape index (κ3) is 6.86. The second-order valence-corrected chi connectivity index (χ2v) is 9.08. The molecule has 190 valence electrons. The molecule has 0 heterocycles. The molecule has 0 saturated heterocycles. The number of ether oxygens (including phenoxy) is 1. The number of carboxylic acids is 1. The van der Waals surface area contributed by atoms with Crippen LogP contribution in [-0.4, -0.2) is 48.3 Å². The maximum atomic E-state index is 12.5. The molecule has 1 atom stereocenters. The fourth-order valence-corrected chi connectivity index (χ4v) is 4.74. The highest BCUT2D eigenvalue weighted by atomic mass is 35.5. The van der Waals surface area contributed by atoms with E-state index in [1.165, 1.54) is 5.56 Å². The van der Waals surface area contributed by atoms with Gasteiger partial charge in [0.15, 0.2) is 0 Å². The zero-order valence-electron chi connectivity index (χ0n) is 20.4. The maximum absolute atomic E-state index is 12.5. The number of halogens is 1. The van der Waals surface area contributed by atoms with E-state index in [1.807, 2.05) is 42.5 Å². The molecule has 0 aliphatic heterocycles. The van der Waals surface area contributed by atoms with E-state index < -0.39 is 18.1 Å². The van der Waals surface area contributed by atoms with Crippen molar-refractivity contribution in [3.05, 3.63) is 95.6 Å². The number of alkyl carbamates (subject to hydrolysis) is 1. The Balaban J connectivity index is 0.00000361. The highest BCUT2D eigenvalue weighted by molar-refractivity contribution is 5.85. The summed E-state index contributed by atoms with van der Waals surface area (Å²) in [4.78, 5) is 26.4. The molecule has 36 heavy (non-hydrogen) atoms. The van der Waals surface area contributed by atoms with Crippen molar-refractivity contribution < 1.29 is 19.4 Å². The number of carbonyl (C=O) groups excluding carboxylic acids is 1. The van der Waals surface area contributed by atoms with Crippen LogP contribution in [0.4, 0.5) is 4.79 Å². The normalized spacial score (nSPS) is 12.8. The smallest absolute Gasteiger partial charge is 0.407 e. The minimum absolute atomic E-state index is 0. The minimum atomic E-state index is -1.05. The number of hydrogen-bond donors (Lipinski definition) is 2. The van der Waals surface area contributed by atoms with Crippen LogP contribution in [0.2, 0.25) is 0 Å². The summed E-state index contributed by atoms with van der Waals surface area (Å²) in [6.45, 7) is 1.86. The molecule has 0 spiro atoms. The second-order valence-electron chi connectivity index (χ2n) is 9.08. The Kier molecular flexibility index (Phi) is 9.91. The van der Waals surface area contributed by atoms with Crippen molar-refractivity contribution in [3.63, 3.8) is 0 Å². The van der Waals surface area contributed by atoms with Gasteiger partial charge in [-0.3, -0.25) is 0 Å². The first-order valence-corrected chi connectivity index (χ1v) is 12.1. The van der Waals surface area contributed by atoms with E-state index in [0.717, 1.165) is 41.8 Å². The van der Waals surface area contributed by atoms with Gasteiger partial charge >= 0.3 is 12.1 Å². The Morgan fingerprint density at radius 3 is 2.11 bits per heavy atom. The van der Waals surface area contributed by atoms with Crippen LogP contribution in [0, 0.1) is 0 Å². The monoisotopic (exact) mass is 508 g/mol. The molecule has 0 aromatic heterocycles. The molecule has 2 N–H and O–H groups in total. The Labute approximate surface area is 218 Å². The number of fused-ring (bicyclic) bond motifs is 3. The van der Waals surface area contributed by atoms with Gasteiger partial charge < -0.3 is 20.1 Å². The lowest BCUT2D eigenvalue weighted by Crippen LogP contribution is -2.41. The maximum Gasteiger partial charge on any atom is 0.407 e. The van der Waals surface area contributed by atoms with Crippen molar-refractivity contribution in [2.45, 2.75) is 37.8 Å². The van der Waals surface area contributed by atoms with Crippen molar-refractivity contribution in [2.75, 3.05) is 20.2 Å². The summed E-state index contributed by atoms with van der Waals surface area (Å²) < 4.78 is 5.51. The summed E-state index contributed by atoms with van der Waals surface area (Å²) in [6, 6.07) is 25.5. The molecule has 1 aliphatic rings. The Morgan fingerprint density at radius 2 is 1.50 bits per heavy atom. The predicted molar refractivity (Wildman–Crippen MR) is 144 cm³/mol. The molecule has 0 radical (unpaired) electrons. The Bertz CT molecular complexity index is 1110. The molecule has 0 unspecified atom stereocenters. The van der Waals surface area contributed by atoms with E-state index >= 15 is 0 Å². The lowest BCUT2D eigenvalue weighted by molar-refractivity contribution is -0.139. The lowest BCUT2D eigenvalue weighted by atomic mass is 9.98. The van der Waals surface area contributed by atoms with E-state index in [9.17, 15) is 14.7 Å². The number of amides is 1. The Hall–Kier alpha value is -3.35. The van der Waals surface area contributed by atoms with Gasteiger partial charge in [0.05, 0.1) is 0 Å². The van der Waals surface area contributed by atoms with Gasteiger partial charge in [-0.05, 0) is 60.7 Å². The van der Waals surface area contributed by atoms with Crippen molar-refractivity contribution >= 4 is 24.5 Å². The SMILES string of the molecule is CN(CCCC[C@H](NC(=O)OCC1c2ccccc2-c2ccccc21)C(=O)O)Cc1ccccc1.Cl. The van der Waals surface area contributed by atoms with Crippen LogP contribution >= 0.6 is 12.4 Å². The molecule has 3 aromatic carbocycles. The average Bonchev–Trinajstić information content (AvgIpc) is 3.19. The first kappa shape index (κ1) is 27.2. The van der Waals surface area contributed by atoms with Gasteiger partial charge in [-0.1, -0.05) is 78.9 Å². The molecule has 0 fully saturated rings. The number of unbranched alkanes of at least 4 members (excludes halogenated alkanes) is 1. The quantitative estimate of drug-likeness (QED) is 0.325. The van der Waals surface area contributed by atoms with E-state index in [1.54, 1.807) is 0 Å². The third-order valence-electron chi connectivity index (χ3n) is 6.51. The third-order valence-corrected chi connectivity index (χ3v) is 6.51. The molecule has 6 nitrogen and oxygen atoms in total. The fourth-order valence-electron chi connectivity index (χ4n) is 4.74. The first-order chi connectivity index (χ1) is 17.0.